The molecule has 66 valence electrons. The lowest BCUT2D eigenvalue weighted by molar-refractivity contribution is 0.447. The van der Waals surface area contributed by atoms with Crippen molar-refractivity contribution in [1.82, 2.24) is 14.4 Å². The molecule has 13 heavy (non-hydrogen) atoms. The quantitative estimate of drug-likeness (QED) is 0.619. The standard InChI is InChI=1S/C8H7N3O2/c1-5-6(12)10-8-9-3-2-4-11(8)7(5)13/h2-4,12H,1H3. The van der Waals surface area contributed by atoms with Crippen LogP contribution in [-0.2, 0) is 0 Å². The molecule has 2 aromatic heterocycles. The highest BCUT2D eigenvalue weighted by atomic mass is 16.3. The minimum absolute atomic E-state index is 0.204. The second kappa shape index (κ2) is 2.55. The molecule has 0 bridgehead atoms. The molecule has 0 fully saturated rings. The first-order valence-electron chi connectivity index (χ1n) is 3.73. The highest BCUT2D eigenvalue weighted by molar-refractivity contribution is 5.34. The van der Waals surface area contributed by atoms with Crippen LogP contribution >= 0.6 is 0 Å². The van der Waals surface area contributed by atoms with E-state index in [9.17, 15) is 9.90 Å². The molecule has 2 rings (SSSR count). The van der Waals surface area contributed by atoms with Gasteiger partial charge in [-0.05, 0) is 13.0 Å². The molecule has 0 amide bonds. The molecule has 0 unspecified atom stereocenters. The Morgan fingerprint density at radius 1 is 1.54 bits per heavy atom. The minimum atomic E-state index is -0.296. The fourth-order valence-electron chi connectivity index (χ4n) is 1.06. The summed E-state index contributed by atoms with van der Waals surface area (Å²) >= 11 is 0. The normalized spacial score (nSPS) is 10.5. The summed E-state index contributed by atoms with van der Waals surface area (Å²) in [5, 5.41) is 9.23. The predicted molar refractivity (Wildman–Crippen MR) is 45.7 cm³/mol. The van der Waals surface area contributed by atoms with Crippen LogP contribution in [0.15, 0.2) is 23.3 Å². The van der Waals surface area contributed by atoms with Gasteiger partial charge in [0.2, 0.25) is 11.7 Å². The Kier molecular flexibility index (Phi) is 1.51. The maximum absolute atomic E-state index is 11.5. The first-order valence-corrected chi connectivity index (χ1v) is 3.73. The van der Waals surface area contributed by atoms with E-state index < -0.39 is 0 Å². The Balaban J connectivity index is 3.03. The number of rotatable bonds is 0. The topological polar surface area (TPSA) is 67.5 Å². The number of nitrogens with zero attached hydrogens (tertiary/aromatic N) is 3. The number of hydrogen-bond acceptors (Lipinski definition) is 4. The van der Waals surface area contributed by atoms with Gasteiger partial charge in [0, 0.05) is 12.4 Å². The lowest BCUT2D eigenvalue weighted by Gasteiger charge is -2.00. The summed E-state index contributed by atoms with van der Waals surface area (Å²) in [6.45, 7) is 1.52. The minimum Gasteiger partial charge on any atom is -0.493 e. The molecular formula is C8H7N3O2. The number of hydrogen-bond donors (Lipinski definition) is 1. The van der Waals surface area contributed by atoms with Crippen LogP contribution in [0.5, 0.6) is 5.88 Å². The Morgan fingerprint density at radius 2 is 2.31 bits per heavy atom. The molecule has 2 aromatic rings. The molecular weight excluding hydrogens is 170 g/mol. The van der Waals surface area contributed by atoms with E-state index >= 15 is 0 Å². The average Bonchev–Trinajstić information content (AvgIpc) is 2.15. The molecule has 0 saturated heterocycles. The van der Waals surface area contributed by atoms with Crippen molar-refractivity contribution in [1.29, 1.82) is 0 Å². The molecule has 0 aromatic carbocycles. The largest absolute Gasteiger partial charge is 0.493 e. The van der Waals surface area contributed by atoms with E-state index in [0.29, 0.717) is 0 Å². The second-order valence-corrected chi connectivity index (χ2v) is 2.66. The number of aromatic nitrogens is 3. The summed E-state index contributed by atoms with van der Waals surface area (Å²) in [4.78, 5) is 19.1. The zero-order chi connectivity index (χ0) is 9.42. The first-order chi connectivity index (χ1) is 6.20. The first kappa shape index (κ1) is 7.72. The zero-order valence-electron chi connectivity index (χ0n) is 6.93. The van der Waals surface area contributed by atoms with Gasteiger partial charge in [0.1, 0.15) is 0 Å². The number of aromatic hydroxyl groups is 1. The molecule has 0 aliphatic heterocycles. The SMILES string of the molecule is Cc1c(O)nc2ncccn2c1=O. The predicted octanol–water partition coefficient (Wildman–Crippen LogP) is 0.104. The fourth-order valence-corrected chi connectivity index (χ4v) is 1.06. The van der Waals surface area contributed by atoms with Crippen molar-refractivity contribution in [2.45, 2.75) is 6.92 Å². The van der Waals surface area contributed by atoms with Gasteiger partial charge in [0.05, 0.1) is 5.56 Å². The molecule has 1 N–H and O–H groups in total. The lowest BCUT2D eigenvalue weighted by Crippen LogP contribution is -2.17. The Bertz CT molecular complexity index is 518. The van der Waals surface area contributed by atoms with Gasteiger partial charge in [-0.25, -0.2) is 4.98 Å². The maximum Gasteiger partial charge on any atom is 0.265 e. The van der Waals surface area contributed by atoms with Gasteiger partial charge >= 0.3 is 0 Å². The molecule has 0 saturated carbocycles. The molecule has 0 spiro atoms. The van der Waals surface area contributed by atoms with Crippen LogP contribution in [-0.4, -0.2) is 19.5 Å². The van der Waals surface area contributed by atoms with Gasteiger partial charge in [-0.2, -0.15) is 4.98 Å². The summed E-state index contributed by atoms with van der Waals surface area (Å²) in [5.41, 5.74) is -0.0684. The van der Waals surface area contributed by atoms with Crippen molar-refractivity contribution in [3.63, 3.8) is 0 Å². The van der Waals surface area contributed by atoms with Gasteiger partial charge < -0.3 is 5.11 Å². The highest BCUT2D eigenvalue weighted by Gasteiger charge is 2.06. The van der Waals surface area contributed by atoms with E-state index in [1.165, 1.54) is 17.5 Å². The van der Waals surface area contributed by atoms with Crippen molar-refractivity contribution in [3.05, 3.63) is 34.4 Å². The van der Waals surface area contributed by atoms with Crippen molar-refractivity contribution in [2.75, 3.05) is 0 Å². The molecule has 5 nitrogen and oxygen atoms in total. The van der Waals surface area contributed by atoms with Gasteiger partial charge in [-0.1, -0.05) is 0 Å². The summed E-state index contributed by atoms with van der Waals surface area (Å²) in [7, 11) is 0. The second-order valence-electron chi connectivity index (χ2n) is 2.66. The Labute approximate surface area is 73.3 Å². The van der Waals surface area contributed by atoms with Crippen LogP contribution in [0.2, 0.25) is 0 Å². The van der Waals surface area contributed by atoms with E-state index in [1.807, 2.05) is 0 Å². The van der Waals surface area contributed by atoms with Crippen LogP contribution in [0.25, 0.3) is 5.78 Å². The van der Waals surface area contributed by atoms with Crippen LogP contribution in [0.4, 0.5) is 0 Å². The zero-order valence-corrected chi connectivity index (χ0v) is 6.93. The smallest absolute Gasteiger partial charge is 0.265 e. The molecule has 5 heteroatoms. The van der Waals surface area contributed by atoms with Gasteiger partial charge in [-0.3, -0.25) is 9.20 Å². The van der Waals surface area contributed by atoms with Crippen LogP contribution in [0.3, 0.4) is 0 Å². The lowest BCUT2D eigenvalue weighted by atomic mass is 10.3. The molecule has 0 atom stereocenters. The summed E-state index contributed by atoms with van der Waals surface area (Å²) in [5.74, 6) is -0.0562. The molecule has 0 radical (unpaired) electrons. The summed E-state index contributed by atoms with van der Waals surface area (Å²) < 4.78 is 1.29. The van der Waals surface area contributed by atoms with Crippen LogP contribution < -0.4 is 5.56 Å². The van der Waals surface area contributed by atoms with E-state index in [-0.39, 0.29) is 22.8 Å². The van der Waals surface area contributed by atoms with Gasteiger partial charge in [0.25, 0.3) is 5.56 Å². The third-order valence-electron chi connectivity index (χ3n) is 1.81. The number of fused-ring (bicyclic) bond motifs is 1. The van der Waals surface area contributed by atoms with E-state index in [4.69, 9.17) is 0 Å². The van der Waals surface area contributed by atoms with Crippen molar-refractivity contribution in [3.8, 4) is 5.88 Å². The third-order valence-corrected chi connectivity index (χ3v) is 1.81. The Morgan fingerprint density at radius 3 is 3.08 bits per heavy atom. The average molecular weight is 177 g/mol. The molecule has 2 heterocycles. The summed E-state index contributed by atoms with van der Waals surface area (Å²) in [6, 6.07) is 1.63. The van der Waals surface area contributed by atoms with Crippen LogP contribution in [0, 0.1) is 6.92 Å². The Hall–Kier alpha value is -1.91. The van der Waals surface area contributed by atoms with Crippen molar-refractivity contribution in [2.24, 2.45) is 0 Å². The molecule has 0 aliphatic carbocycles. The van der Waals surface area contributed by atoms with Gasteiger partial charge in [-0.15, -0.1) is 0 Å². The van der Waals surface area contributed by atoms with E-state index in [0.717, 1.165) is 0 Å². The molecule has 0 aliphatic rings. The van der Waals surface area contributed by atoms with E-state index in [1.54, 1.807) is 12.3 Å². The van der Waals surface area contributed by atoms with E-state index in [2.05, 4.69) is 9.97 Å². The van der Waals surface area contributed by atoms with Gasteiger partial charge in [0.15, 0.2) is 0 Å². The fraction of sp³-hybridized carbons (Fsp3) is 0.125. The van der Waals surface area contributed by atoms with Crippen molar-refractivity contribution < 1.29 is 5.11 Å². The summed E-state index contributed by atoms with van der Waals surface area (Å²) in [6.07, 6.45) is 3.07. The highest BCUT2D eigenvalue weighted by Crippen LogP contribution is 2.06. The van der Waals surface area contributed by atoms with Crippen LogP contribution in [0.1, 0.15) is 5.56 Å². The van der Waals surface area contributed by atoms with Crippen molar-refractivity contribution >= 4 is 5.78 Å². The maximum atomic E-state index is 11.5. The third kappa shape index (κ3) is 1.05. The monoisotopic (exact) mass is 177 g/mol.